The van der Waals surface area contributed by atoms with Crippen LogP contribution in [0, 0.1) is 6.92 Å². The van der Waals surface area contributed by atoms with Crippen LogP contribution in [-0.2, 0) is 4.79 Å². The van der Waals surface area contributed by atoms with Crippen LogP contribution in [0.1, 0.15) is 44.0 Å². The largest absolute Gasteiger partial charge is 0.512 e. The molecule has 0 atom stereocenters. The van der Waals surface area contributed by atoms with Gasteiger partial charge in [-0.2, -0.15) is 0 Å². The summed E-state index contributed by atoms with van der Waals surface area (Å²) in [6.45, 7) is 6.94. The van der Waals surface area contributed by atoms with E-state index in [1.54, 1.807) is 73.7 Å². The standard InChI is InChI=1S/C56H48N2O9/c1-5-16-43-33(3)40-20-10-12-22-44(40)57(43)30-15-14-17-35(6-2)49(34(4)59)53(63)55(65)56(66)58(45-32-46(60)52(62)50(54(64)51(45)61)37-18-8-7-9-19-37)39-27-24-36(25-28-39)38-26-29-42-41-21-11-13-23-47(41)67-48(42)31-38/h5-31,59-65H,32H2,1-4H3/b16-5-,17-14-,30-15+,35-6+,49-34?,55-53-. The predicted molar refractivity (Wildman–Crippen MR) is 266 cm³/mol. The van der Waals surface area contributed by atoms with Gasteiger partial charge in [-0.15, -0.1) is 0 Å². The van der Waals surface area contributed by atoms with Gasteiger partial charge in [0.1, 0.15) is 22.7 Å². The topological polar surface area (TPSA) is 180 Å². The van der Waals surface area contributed by atoms with E-state index in [1.165, 1.54) is 19.1 Å². The van der Waals surface area contributed by atoms with E-state index in [2.05, 4.69) is 13.0 Å². The summed E-state index contributed by atoms with van der Waals surface area (Å²) in [4.78, 5) is 15.6. The van der Waals surface area contributed by atoms with Crippen molar-refractivity contribution in [2.75, 3.05) is 4.90 Å². The van der Waals surface area contributed by atoms with Crippen molar-refractivity contribution in [1.82, 2.24) is 4.57 Å². The molecule has 0 aliphatic heterocycles. The van der Waals surface area contributed by atoms with E-state index in [0.29, 0.717) is 11.1 Å². The van der Waals surface area contributed by atoms with Gasteiger partial charge in [-0.25, -0.2) is 0 Å². The number of aliphatic hydroxyl groups excluding tert-OH is 7. The van der Waals surface area contributed by atoms with Crippen LogP contribution in [0.15, 0.2) is 213 Å². The van der Waals surface area contributed by atoms with Crippen molar-refractivity contribution in [3.05, 3.63) is 226 Å². The number of anilines is 1. The fourth-order valence-corrected chi connectivity index (χ4v) is 8.44. The lowest BCUT2D eigenvalue weighted by molar-refractivity contribution is -0.117. The lowest BCUT2D eigenvalue weighted by Crippen LogP contribution is -2.34. The minimum Gasteiger partial charge on any atom is -0.512 e. The molecule has 2 heterocycles. The Hall–Kier alpha value is -8.83. The molecule has 0 unspecified atom stereocenters. The van der Waals surface area contributed by atoms with Gasteiger partial charge in [-0.1, -0.05) is 109 Å². The second kappa shape index (κ2) is 18.7. The van der Waals surface area contributed by atoms with Gasteiger partial charge in [0.05, 0.1) is 28.8 Å². The molecule has 1 aliphatic carbocycles. The number of aromatic nitrogens is 1. The maximum absolute atomic E-state index is 14.8. The van der Waals surface area contributed by atoms with Gasteiger partial charge in [0, 0.05) is 33.7 Å². The van der Waals surface area contributed by atoms with Crippen molar-refractivity contribution >= 4 is 62.3 Å². The lowest BCUT2D eigenvalue weighted by atomic mass is 10.00. The van der Waals surface area contributed by atoms with Crippen LogP contribution in [0.3, 0.4) is 0 Å². The van der Waals surface area contributed by atoms with Gasteiger partial charge in [-0.05, 0) is 104 Å². The number of carbonyl (C=O) groups is 1. The summed E-state index contributed by atoms with van der Waals surface area (Å²) in [6, 6.07) is 35.9. The molecule has 0 saturated carbocycles. The van der Waals surface area contributed by atoms with E-state index in [0.717, 1.165) is 49.0 Å². The number of fused-ring (bicyclic) bond motifs is 4. The number of aryl methyl sites for hydroxylation is 1. The van der Waals surface area contributed by atoms with E-state index in [4.69, 9.17) is 4.42 Å². The summed E-state index contributed by atoms with van der Waals surface area (Å²) in [5.41, 5.74) is 5.43. The third-order valence-corrected chi connectivity index (χ3v) is 11.7. The number of carbonyl (C=O) groups excluding carboxylic acids is 1. The number of amides is 1. The molecule has 0 saturated heterocycles. The highest BCUT2D eigenvalue weighted by Gasteiger charge is 2.35. The van der Waals surface area contributed by atoms with Crippen molar-refractivity contribution in [1.29, 1.82) is 0 Å². The number of hydrogen-bond donors (Lipinski definition) is 7. The van der Waals surface area contributed by atoms with Gasteiger partial charge >= 0.3 is 5.91 Å². The van der Waals surface area contributed by atoms with Crippen LogP contribution in [0.5, 0.6) is 0 Å². The first-order valence-corrected chi connectivity index (χ1v) is 21.5. The first kappa shape index (κ1) is 44.8. The van der Waals surface area contributed by atoms with E-state index < -0.39 is 58.3 Å². The third-order valence-electron chi connectivity index (χ3n) is 11.7. The molecular formula is C56H48N2O9. The van der Waals surface area contributed by atoms with E-state index in [-0.39, 0.29) is 28.0 Å². The second-order valence-electron chi connectivity index (χ2n) is 15.9. The summed E-state index contributed by atoms with van der Waals surface area (Å²) in [7, 11) is 0. The van der Waals surface area contributed by atoms with Crippen molar-refractivity contribution in [3.8, 4) is 11.1 Å². The minimum absolute atomic E-state index is 0.0234. The molecular weight excluding hydrogens is 845 g/mol. The Morgan fingerprint density at radius 3 is 2.04 bits per heavy atom. The van der Waals surface area contributed by atoms with Crippen LogP contribution in [0.4, 0.5) is 5.69 Å². The Kier molecular flexibility index (Phi) is 12.5. The van der Waals surface area contributed by atoms with Crippen LogP contribution >= 0.6 is 0 Å². The van der Waals surface area contributed by atoms with Crippen LogP contribution in [0.25, 0.3) is 61.8 Å². The van der Waals surface area contributed by atoms with E-state index in [9.17, 15) is 40.5 Å². The lowest BCUT2D eigenvalue weighted by Gasteiger charge is -2.26. The number of rotatable bonds is 11. The molecule has 0 spiro atoms. The quantitative estimate of drug-likeness (QED) is 0.0378. The van der Waals surface area contributed by atoms with Gasteiger partial charge < -0.3 is 44.7 Å². The van der Waals surface area contributed by atoms with Crippen molar-refractivity contribution in [2.24, 2.45) is 0 Å². The van der Waals surface area contributed by atoms with Crippen LogP contribution in [0.2, 0.25) is 0 Å². The Morgan fingerprint density at radius 2 is 1.34 bits per heavy atom. The zero-order valence-electron chi connectivity index (χ0n) is 37.1. The molecule has 1 aliphatic rings. The Morgan fingerprint density at radius 1 is 0.687 bits per heavy atom. The first-order chi connectivity index (χ1) is 32.3. The van der Waals surface area contributed by atoms with Gasteiger partial charge in [0.2, 0.25) is 5.76 Å². The van der Waals surface area contributed by atoms with Crippen LogP contribution < -0.4 is 4.90 Å². The molecule has 5 aromatic carbocycles. The van der Waals surface area contributed by atoms with Crippen molar-refractivity contribution < 1.29 is 45.0 Å². The summed E-state index contributed by atoms with van der Waals surface area (Å²) >= 11 is 0. The third kappa shape index (κ3) is 8.37. The minimum atomic E-state index is -1.32. The van der Waals surface area contributed by atoms with E-state index >= 15 is 0 Å². The molecule has 2 aromatic heterocycles. The zero-order chi connectivity index (χ0) is 47.5. The summed E-state index contributed by atoms with van der Waals surface area (Å²) in [5.74, 6) is -7.25. The molecule has 336 valence electrons. The van der Waals surface area contributed by atoms with Gasteiger partial charge in [0.15, 0.2) is 23.0 Å². The molecule has 7 N–H and O–H groups in total. The van der Waals surface area contributed by atoms with Gasteiger partial charge in [-0.3, -0.25) is 9.69 Å². The molecule has 11 heteroatoms. The van der Waals surface area contributed by atoms with Crippen LogP contribution in [-0.4, -0.2) is 46.2 Å². The summed E-state index contributed by atoms with van der Waals surface area (Å²) < 4.78 is 8.15. The maximum atomic E-state index is 14.8. The number of hydrogen-bond acceptors (Lipinski definition) is 9. The number of benzene rings is 5. The molecule has 0 radical (unpaired) electrons. The number of para-hydroxylation sites is 2. The SMILES string of the molecule is C/C=C\c1c(C)c2ccccc2n1/C=C/C=C\C(=C/C)C(=C(C)O)/C(O)=C(/O)C(=O)N(C1=C(O)C(O)=C(c2ccccc2)C(O)=C(O)C1)c1ccc(-c2ccc3c(c2)oc2ccccc23)cc1. The smallest absolute Gasteiger partial charge is 0.301 e. The highest BCUT2D eigenvalue weighted by Crippen LogP contribution is 2.40. The Bertz CT molecular complexity index is 3380. The fraction of sp³-hybridized carbons (Fsp3) is 0.0893. The van der Waals surface area contributed by atoms with Crippen molar-refractivity contribution in [3.63, 3.8) is 0 Å². The highest BCUT2D eigenvalue weighted by atomic mass is 16.3. The Labute approximate surface area is 386 Å². The number of allylic oxidation sites excluding steroid dienone is 8. The normalized spacial score (nSPS) is 14.9. The fourth-order valence-electron chi connectivity index (χ4n) is 8.44. The number of nitrogens with zero attached hydrogens (tertiary/aromatic N) is 2. The molecule has 7 aromatic rings. The second-order valence-corrected chi connectivity index (χ2v) is 15.9. The molecule has 0 bridgehead atoms. The molecule has 67 heavy (non-hydrogen) atoms. The predicted octanol–water partition coefficient (Wildman–Crippen LogP) is 14.2. The number of furan rings is 1. The average molecular weight is 893 g/mol. The molecule has 11 nitrogen and oxygen atoms in total. The maximum Gasteiger partial charge on any atom is 0.301 e. The highest BCUT2D eigenvalue weighted by molar-refractivity contribution is 6.08. The van der Waals surface area contributed by atoms with Gasteiger partial charge in [0.25, 0.3) is 0 Å². The summed E-state index contributed by atoms with van der Waals surface area (Å²) in [6.07, 6.45) is 11.8. The molecule has 0 fully saturated rings. The average Bonchev–Trinajstić information content (AvgIpc) is 3.82. The van der Waals surface area contributed by atoms with E-state index in [1.807, 2.05) is 90.5 Å². The van der Waals surface area contributed by atoms with Crippen molar-refractivity contribution in [2.45, 2.75) is 34.1 Å². The molecule has 1 amide bonds. The summed E-state index contributed by atoms with van der Waals surface area (Å²) in [5, 5.41) is 83.4. The Balaban J connectivity index is 1.20. The number of aliphatic hydroxyl groups is 7. The zero-order valence-corrected chi connectivity index (χ0v) is 37.1. The molecule has 8 rings (SSSR count). The monoisotopic (exact) mass is 892 g/mol. The first-order valence-electron chi connectivity index (χ1n) is 21.5.